The van der Waals surface area contributed by atoms with Crippen LogP contribution in [-0.4, -0.2) is 42.1 Å². The lowest BCUT2D eigenvalue weighted by atomic mass is 9.44. The fourth-order valence-electron chi connectivity index (χ4n) is 7.42. The first-order chi connectivity index (χ1) is 13.1. The van der Waals surface area contributed by atoms with E-state index in [9.17, 15) is 19.5 Å². The molecule has 156 valence electrons. The second-order valence-corrected chi connectivity index (χ2v) is 10.3. The Morgan fingerprint density at radius 1 is 1.25 bits per heavy atom. The largest absolute Gasteiger partial charge is 0.464 e. The number of carbonyl (C=O) groups excluding carboxylic acids is 3. The number of rotatable bonds is 2. The minimum atomic E-state index is -1.14. The summed E-state index contributed by atoms with van der Waals surface area (Å²) in [5.74, 6) is -1.18. The van der Waals surface area contributed by atoms with Gasteiger partial charge in [-0.3, -0.25) is 14.4 Å². The van der Waals surface area contributed by atoms with Gasteiger partial charge in [-0.2, -0.15) is 0 Å². The maximum absolute atomic E-state index is 13.4. The summed E-state index contributed by atoms with van der Waals surface area (Å²) in [5, 5.41) is 10.5. The van der Waals surface area contributed by atoms with Crippen molar-refractivity contribution >= 4 is 17.7 Å². The maximum Gasteiger partial charge on any atom is 0.319 e. The summed E-state index contributed by atoms with van der Waals surface area (Å²) in [6.07, 6.45) is 3.16. The third-order valence-corrected chi connectivity index (χ3v) is 8.77. The number of carbonyl (C=O) groups is 3. The third kappa shape index (κ3) is 2.33. The van der Waals surface area contributed by atoms with Crippen LogP contribution in [0.4, 0.5) is 0 Å². The molecule has 1 heterocycles. The van der Waals surface area contributed by atoms with Crippen LogP contribution in [0, 0.1) is 39.9 Å². The molecule has 6 nitrogen and oxygen atoms in total. The highest BCUT2D eigenvalue weighted by atomic mass is 16.6. The molecular formula is C22H32O6. The van der Waals surface area contributed by atoms with Gasteiger partial charge in [-0.05, 0) is 55.3 Å². The quantitative estimate of drug-likeness (QED) is 0.574. The lowest BCUT2D eigenvalue weighted by Gasteiger charge is -2.63. The smallest absolute Gasteiger partial charge is 0.319 e. The first-order valence-electron chi connectivity index (χ1n) is 10.6. The van der Waals surface area contributed by atoms with Crippen molar-refractivity contribution in [1.82, 2.24) is 0 Å². The van der Waals surface area contributed by atoms with Gasteiger partial charge in [0.05, 0.1) is 5.41 Å². The van der Waals surface area contributed by atoms with E-state index in [0.29, 0.717) is 12.8 Å². The molecule has 0 unspecified atom stereocenters. The van der Waals surface area contributed by atoms with Crippen LogP contribution < -0.4 is 0 Å². The minimum Gasteiger partial charge on any atom is -0.464 e. The highest BCUT2D eigenvalue weighted by Crippen LogP contribution is 2.68. The highest BCUT2D eigenvalue weighted by molar-refractivity contribution is 6.07. The van der Waals surface area contributed by atoms with Crippen LogP contribution in [0.3, 0.4) is 0 Å². The second-order valence-electron chi connectivity index (χ2n) is 10.3. The average molecular weight is 392 g/mol. The summed E-state index contributed by atoms with van der Waals surface area (Å²) >= 11 is 0. The summed E-state index contributed by atoms with van der Waals surface area (Å²) in [6.45, 7) is 7.59. The monoisotopic (exact) mass is 392 g/mol. The number of esters is 2. The van der Waals surface area contributed by atoms with E-state index in [1.165, 1.54) is 6.92 Å². The summed E-state index contributed by atoms with van der Waals surface area (Å²) in [7, 11) is 0. The van der Waals surface area contributed by atoms with Crippen LogP contribution in [0.25, 0.3) is 0 Å². The molecule has 3 aliphatic carbocycles. The van der Waals surface area contributed by atoms with E-state index in [1.807, 2.05) is 6.92 Å². The molecule has 6 heteroatoms. The van der Waals surface area contributed by atoms with Crippen LogP contribution in [0.2, 0.25) is 0 Å². The van der Waals surface area contributed by atoms with Crippen molar-refractivity contribution in [1.29, 1.82) is 0 Å². The topological polar surface area (TPSA) is 89.9 Å². The third-order valence-electron chi connectivity index (χ3n) is 8.77. The number of Topliss-reactive ketones (excluding diaryl/α,β-unsaturated/α-hetero) is 1. The van der Waals surface area contributed by atoms with Crippen molar-refractivity contribution in [3.63, 3.8) is 0 Å². The number of fused-ring (bicyclic) bond motifs is 2. The molecule has 7 atom stereocenters. The van der Waals surface area contributed by atoms with Crippen LogP contribution >= 0.6 is 0 Å². The Hall–Kier alpha value is -1.43. The van der Waals surface area contributed by atoms with Gasteiger partial charge >= 0.3 is 11.9 Å². The van der Waals surface area contributed by atoms with Crippen molar-refractivity contribution in [2.24, 2.45) is 39.9 Å². The van der Waals surface area contributed by atoms with Gasteiger partial charge in [-0.25, -0.2) is 0 Å². The Bertz CT molecular complexity index is 714. The zero-order valence-electron chi connectivity index (χ0n) is 17.3. The van der Waals surface area contributed by atoms with E-state index in [2.05, 4.69) is 13.8 Å². The number of ketones is 1. The normalized spacial score (nSPS) is 46.8. The molecule has 2 spiro atoms. The molecule has 1 saturated heterocycles. The number of ether oxygens (including phenoxy) is 2. The van der Waals surface area contributed by atoms with Gasteiger partial charge in [-0.15, -0.1) is 0 Å². The number of aliphatic hydroxyl groups excluding tert-OH is 1. The molecule has 4 rings (SSSR count). The van der Waals surface area contributed by atoms with Crippen molar-refractivity contribution in [3.8, 4) is 0 Å². The first kappa shape index (κ1) is 19.9. The molecule has 0 amide bonds. The Kier molecular flexibility index (Phi) is 4.46. The number of cyclic esters (lactones) is 1. The Morgan fingerprint density at radius 3 is 2.61 bits per heavy atom. The molecule has 1 aliphatic heterocycles. The lowest BCUT2D eigenvalue weighted by molar-refractivity contribution is -0.247. The zero-order chi connectivity index (χ0) is 20.5. The van der Waals surface area contributed by atoms with Crippen molar-refractivity contribution in [2.75, 3.05) is 13.2 Å². The van der Waals surface area contributed by atoms with Gasteiger partial charge in [0.25, 0.3) is 0 Å². The fourth-order valence-corrected chi connectivity index (χ4v) is 7.42. The van der Waals surface area contributed by atoms with E-state index in [-0.39, 0.29) is 54.1 Å². The molecule has 4 fully saturated rings. The molecule has 3 saturated carbocycles. The summed E-state index contributed by atoms with van der Waals surface area (Å²) in [5.41, 5.74) is -2.07. The summed E-state index contributed by atoms with van der Waals surface area (Å²) in [6, 6.07) is 0. The highest BCUT2D eigenvalue weighted by Gasteiger charge is 2.74. The van der Waals surface area contributed by atoms with E-state index < -0.39 is 22.9 Å². The SMILES string of the molecule is CC(=O)O[C@H]1CCC(C)(C)[C@@H](CO)[C@@]12COC(=O)[C@@]13C[C@@H](CC[C@H]12)[C@@H](C)C3=O. The molecule has 1 N–H and O–H groups in total. The molecular weight excluding hydrogens is 360 g/mol. The molecule has 4 aliphatic rings. The number of hydrogen-bond donors (Lipinski definition) is 1. The zero-order valence-corrected chi connectivity index (χ0v) is 17.3. The Labute approximate surface area is 166 Å². The molecule has 2 bridgehead atoms. The first-order valence-corrected chi connectivity index (χ1v) is 10.6. The lowest BCUT2D eigenvalue weighted by Crippen LogP contribution is -2.69. The molecule has 0 aromatic heterocycles. The Balaban J connectivity index is 1.89. The van der Waals surface area contributed by atoms with Gasteiger partial charge in [0, 0.05) is 19.4 Å². The Morgan fingerprint density at radius 2 is 1.96 bits per heavy atom. The van der Waals surface area contributed by atoms with Gasteiger partial charge < -0.3 is 14.6 Å². The van der Waals surface area contributed by atoms with Gasteiger partial charge in [0.15, 0.2) is 5.78 Å². The minimum absolute atomic E-state index is 0.00859. The van der Waals surface area contributed by atoms with E-state index >= 15 is 0 Å². The van der Waals surface area contributed by atoms with Crippen molar-refractivity contribution < 1.29 is 29.0 Å². The van der Waals surface area contributed by atoms with E-state index in [4.69, 9.17) is 9.47 Å². The fraction of sp³-hybridized carbons (Fsp3) is 0.864. The van der Waals surface area contributed by atoms with Crippen molar-refractivity contribution in [3.05, 3.63) is 0 Å². The van der Waals surface area contributed by atoms with E-state index in [0.717, 1.165) is 19.3 Å². The molecule has 0 aromatic rings. The maximum atomic E-state index is 13.4. The summed E-state index contributed by atoms with van der Waals surface area (Å²) in [4.78, 5) is 38.4. The van der Waals surface area contributed by atoms with Crippen LogP contribution in [0.15, 0.2) is 0 Å². The van der Waals surface area contributed by atoms with Gasteiger partial charge in [0.2, 0.25) is 0 Å². The van der Waals surface area contributed by atoms with Gasteiger partial charge in [-0.1, -0.05) is 20.8 Å². The van der Waals surface area contributed by atoms with Gasteiger partial charge in [0.1, 0.15) is 18.1 Å². The standard InChI is InChI=1S/C22H32O6/c1-12-14-5-6-15-21(9-14,18(12)25)19(26)27-11-22(15)16(10-23)20(3,4)8-7-17(22)28-13(2)24/h12,14-17,23H,5-11H2,1-4H3/t12-,14-,15-,16-,17+,21+,22+/m1/s1. The average Bonchev–Trinajstić information content (AvgIpc) is 2.82. The predicted octanol–water partition coefficient (Wildman–Crippen LogP) is 2.51. The number of aliphatic hydroxyl groups is 1. The van der Waals surface area contributed by atoms with Crippen LogP contribution in [-0.2, 0) is 23.9 Å². The van der Waals surface area contributed by atoms with Crippen molar-refractivity contribution in [2.45, 2.75) is 65.9 Å². The predicted molar refractivity (Wildman–Crippen MR) is 100.0 cm³/mol. The number of hydrogen-bond acceptors (Lipinski definition) is 6. The summed E-state index contributed by atoms with van der Waals surface area (Å²) < 4.78 is 11.6. The molecule has 0 radical (unpaired) electrons. The van der Waals surface area contributed by atoms with Crippen LogP contribution in [0.5, 0.6) is 0 Å². The van der Waals surface area contributed by atoms with Crippen LogP contribution in [0.1, 0.15) is 59.8 Å². The molecule has 0 aromatic carbocycles. The second kappa shape index (κ2) is 6.28. The van der Waals surface area contributed by atoms with E-state index in [1.54, 1.807) is 0 Å². The molecule has 28 heavy (non-hydrogen) atoms.